The lowest BCUT2D eigenvalue weighted by molar-refractivity contribution is -0.137. The average molecular weight is 282 g/mol. The van der Waals surface area contributed by atoms with E-state index in [4.69, 9.17) is 5.11 Å². The molecule has 0 radical (unpaired) electrons. The van der Waals surface area contributed by atoms with Gasteiger partial charge in [0.05, 0.1) is 0 Å². The van der Waals surface area contributed by atoms with Crippen molar-refractivity contribution in [2.45, 2.75) is 57.9 Å². The number of carbonyl (C=O) groups excluding carboxylic acids is 1. The second-order valence-electron chi connectivity index (χ2n) is 6.33. The van der Waals surface area contributed by atoms with Crippen molar-refractivity contribution in [2.75, 3.05) is 13.1 Å². The average Bonchev–Trinajstić information content (AvgIpc) is 2.82. The highest BCUT2D eigenvalue weighted by Gasteiger charge is 2.28. The van der Waals surface area contributed by atoms with Gasteiger partial charge < -0.3 is 15.3 Å². The molecular formula is C15H26N2O3. The second kappa shape index (κ2) is 6.95. The van der Waals surface area contributed by atoms with Crippen LogP contribution in [-0.2, 0) is 4.79 Å². The number of rotatable bonds is 4. The molecule has 0 spiro atoms. The quantitative estimate of drug-likeness (QED) is 0.832. The van der Waals surface area contributed by atoms with Crippen LogP contribution in [0.2, 0.25) is 0 Å². The first-order valence-electron chi connectivity index (χ1n) is 7.83. The molecule has 2 atom stereocenters. The van der Waals surface area contributed by atoms with Gasteiger partial charge in [-0.3, -0.25) is 4.79 Å². The summed E-state index contributed by atoms with van der Waals surface area (Å²) < 4.78 is 0. The Kier molecular flexibility index (Phi) is 5.26. The molecule has 1 heterocycles. The molecule has 0 aromatic rings. The Bertz CT molecular complexity index is 351. The van der Waals surface area contributed by atoms with Crippen LogP contribution < -0.4 is 5.32 Å². The maximum Gasteiger partial charge on any atom is 0.317 e. The topological polar surface area (TPSA) is 69.6 Å². The summed E-state index contributed by atoms with van der Waals surface area (Å²) in [5.74, 6) is 0.327. The number of nitrogens with zero attached hydrogens (tertiary/aromatic N) is 1. The van der Waals surface area contributed by atoms with Crippen molar-refractivity contribution >= 4 is 12.0 Å². The Balaban J connectivity index is 1.70. The number of aliphatic carboxylic acids is 1. The van der Waals surface area contributed by atoms with Crippen molar-refractivity contribution in [1.29, 1.82) is 0 Å². The van der Waals surface area contributed by atoms with Crippen molar-refractivity contribution < 1.29 is 14.7 Å². The van der Waals surface area contributed by atoms with Crippen LogP contribution in [0.4, 0.5) is 4.79 Å². The number of likely N-dealkylation sites (tertiary alicyclic amines) is 1. The van der Waals surface area contributed by atoms with Crippen LogP contribution in [0, 0.1) is 11.8 Å². The molecule has 1 saturated heterocycles. The molecule has 2 unspecified atom stereocenters. The third-order valence-electron chi connectivity index (χ3n) is 4.84. The fraction of sp³-hybridized carbons (Fsp3) is 0.867. The summed E-state index contributed by atoms with van der Waals surface area (Å²) in [5, 5.41) is 11.9. The summed E-state index contributed by atoms with van der Waals surface area (Å²) in [6.07, 6.45) is 6.37. The first kappa shape index (κ1) is 15.1. The van der Waals surface area contributed by atoms with Gasteiger partial charge in [0.15, 0.2) is 0 Å². The molecule has 20 heavy (non-hydrogen) atoms. The third-order valence-corrected chi connectivity index (χ3v) is 4.84. The zero-order chi connectivity index (χ0) is 14.5. The van der Waals surface area contributed by atoms with E-state index in [0.717, 1.165) is 38.8 Å². The monoisotopic (exact) mass is 282 g/mol. The number of carbonyl (C=O) groups is 2. The van der Waals surface area contributed by atoms with E-state index in [1.165, 1.54) is 12.8 Å². The third kappa shape index (κ3) is 4.12. The van der Waals surface area contributed by atoms with Crippen LogP contribution in [0.3, 0.4) is 0 Å². The van der Waals surface area contributed by atoms with Gasteiger partial charge in [0, 0.05) is 25.6 Å². The highest BCUT2D eigenvalue weighted by atomic mass is 16.4. The fourth-order valence-corrected chi connectivity index (χ4v) is 3.36. The minimum absolute atomic E-state index is 0.0698. The molecule has 2 N–H and O–H groups in total. The number of piperidine rings is 1. The lowest BCUT2D eigenvalue weighted by Gasteiger charge is -2.33. The molecule has 2 aliphatic rings. The van der Waals surface area contributed by atoms with Gasteiger partial charge in [-0.15, -0.1) is 0 Å². The zero-order valence-electron chi connectivity index (χ0n) is 12.3. The SMILES string of the molecule is CC1CCCC1NC(=O)N1CCC(CCC(=O)O)CC1. The number of carboxylic acid groups (broad SMARTS) is 1. The molecule has 2 fully saturated rings. The van der Waals surface area contributed by atoms with Gasteiger partial charge in [0.25, 0.3) is 0 Å². The maximum absolute atomic E-state index is 12.2. The van der Waals surface area contributed by atoms with Gasteiger partial charge >= 0.3 is 12.0 Å². The van der Waals surface area contributed by atoms with Crippen LogP contribution in [-0.4, -0.2) is 41.1 Å². The van der Waals surface area contributed by atoms with Gasteiger partial charge in [0.1, 0.15) is 0 Å². The van der Waals surface area contributed by atoms with Gasteiger partial charge in [-0.05, 0) is 43.9 Å². The van der Waals surface area contributed by atoms with Crippen LogP contribution >= 0.6 is 0 Å². The number of hydrogen-bond donors (Lipinski definition) is 2. The van der Waals surface area contributed by atoms with E-state index in [9.17, 15) is 9.59 Å². The molecule has 0 aromatic heterocycles. The maximum atomic E-state index is 12.2. The lowest BCUT2D eigenvalue weighted by atomic mass is 9.92. The molecule has 0 aromatic carbocycles. The Morgan fingerprint density at radius 2 is 1.90 bits per heavy atom. The summed E-state index contributed by atoms with van der Waals surface area (Å²) in [6, 6.07) is 0.410. The Morgan fingerprint density at radius 1 is 1.20 bits per heavy atom. The molecule has 0 bridgehead atoms. The standard InChI is InChI=1S/C15H26N2O3/c1-11-3-2-4-13(11)16-15(20)17-9-7-12(8-10-17)5-6-14(18)19/h11-13H,2-10H2,1H3,(H,16,20)(H,18,19). The van der Waals surface area contributed by atoms with Crippen molar-refractivity contribution in [3.63, 3.8) is 0 Å². The van der Waals surface area contributed by atoms with E-state index in [1.54, 1.807) is 0 Å². The molecular weight excluding hydrogens is 256 g/mol. The predicted octanol–water partition coefficient (Wildman–Crippen LogP) is 2.46. The van der Waals surface area contributed by atoms with E-state index < -0.39 is 5.97 Å². The number of hydrogen-bond acceptors (Lipinski definition) is 2. The van der Waals surface area contributed by atoms with Crippen molar-refractivity contribution in [3.05, 3.63) is 0 Å². The van der Waals surface area contributed by atoms with Crippen molar-refractivity contribution in [2.24, 2.45) is 11.8 Å². The highest BCUT2D eigenvalue weighted by Crippen LogP contribution is 2.26. The molecule has 1 saturated carbocycles. The van der Waals surface area contributed by atoms with E-state index in [-0.39, 0.29) is 12.5 Å². The summed E-state index contributed by atoms with van der Waals surface area (Å²) in [4.78, 5) is 24.6. The van der Waals surface area contributed by atoms with Gasteiger partial charge in [-0.25, -0.2) is 4.79 Å². The Morgan fingerprint density at radius 3 is 2.45 bits per heavy atom. The van der Waals surface area contributed by atoms with Crippen LogP contribution in [0.5, 0.6) is 0 Å². The van der Waals surface area contributed by atoms with Crippen LogP contribution in [0.25, 0.3) is 0 Å². The number of nitrogens with one attached hydrogen (secondary N) is 1. The van der Waals surface area contributed by atoms with Gasteiger partial charge in [-0.1, -0.05) is 13.3 Å². The molecule has 5 heteroatoms. The smallest absolute Gasteiger partial charge is 0.317 e. The largest absolute Gasteiger partial charge is 0.481 e. The van der Waals surface area contributed by atoms with E-state index in [0.29, 0.717) is 17.9 Å². The normalized spacial score (nSPS) is 27.6. The molecule has 1 aliphatic heterocycles. The minimum Gasteiger partial charge on any atom is -0.481 e. The number of urea groups is 1. The van der Waals surface area contributed by atoms with E-state index in [2.05, 4.69) is 12.2 Å². The van der Waals surface area contributed by atoms with Crippen molar-refractivity contribution in [1.82, 2.24) is 10.2 Å². The highest BCUT2D eigenvalue weighted by molar-refractivity contribution is 5.74. The zero-order valence-corrected chi connectivity index (χ0v) is 12.3. The van der Waals surface area contributed by atoms with Gasteiger partial charge in [0.2, 0.25) is 0 Å². The number of carboxylic acids is 1. The van der Waals surface area contributed by atoms with Crippen LogP contribution in [0.1, 0.15) is 51.9 Å². The Labute approximate surface area is 120 Å². The first-order chi connectivity index (χ1) is 9.56. The summed E-state index contributed by atoms with van der Waals surface area (Å²) in [6.45, 7) is 3.73. The Hall–Kier alpha value is -1.26. The van der Waals surface area contributed by atoms with Crippen LogP contribution in [0.15, 0.2) is 0 Å². The summed E-state index contributed by atoms with van der Waals surface area (Å²) in [7, 11) is 0. The minimum atomic E-state index is -0.722. The molecule has 114 valence electrons. The second-order valence-corrected chi connectivity index (χ2v) is 6.33. The fourth-order valence-electron chi connectivity index (χ4n) is 3.36. The van der Waals surface area contributed by atoms with E-state index in [1.807, 2.05) is 4.90 Å². The molecule has 2 amide bonds. The summed E-state index contributed by atoms with van der Waals surface area (Å²) in [5.41, 5.74) is 0. The molecule has 5 nitrogen and oxygen atoms in total. The predicted molar refractivity (Wildman–Crippen MR) is 76.5 cm³/mol. The van der Waals surface area contributed by atoms with E-state index >= 15 is 0 Å². The molecule has 2 rings (SSSR count). The first-order valence-corrected chi connectivity index (χ1v) is 7.83. The number of amides is 2. The summed E-state index contributed by atoms with van der Waals surface area (Å²) >= 11 is 0. The lowest BCUT2D eigenvalue weighted by Crippen LogP contribution is -2.48. The van der Waals surface area contributed by atoms with Gasteiger partial charge in [-0.2, -0.15) is 0 Å². The molecule has 1 aliphatic carbocycles. The van der Waals surface area contributed by atoms with Crippen molar-refractivity contribution in [3.8, 4) is 0 Å².